The quantitative estimate of drug-likeness (QED) is 0.846. The number of benzene rings is 2. The molecule has 0 saturated heterocycles. The van der Waals surface area contributed by atoms with Crippen LogP contribution in [0.15, 0.2) is 48.5 Å². The summed E-state index contributed by atoms with van der Waals surface area (Å²) < 4.78 is 26.3. The highest BCUT2D eigenvalue weighted by Crippen LogP contribution is 2.47. The van der Waals surface area contributed by atoms with E-state index in [1.807, 2.05) is 6.07 Å². The normalized spacial score (nSPS) is 19.9. The molecule has 2 N–H and O–H groups in total. The lowest BCUT2D eigenvalue weighted by Gasteiger charge is -2.14. The Morgan fingerprint density at radius 1 is 1.12 bits per heavy atom. The minimum atomic E-state index is -1.11. The molecular weight excluding hydrogens is 328 g/mol. The van der Waals surface area contributed by atoms with Gasteiger partial charge in [0.1, 0.15) is 6.04 Å². The highest BCUT2D eigenvalue weighted by atomic mass is 19.2. The van der Waals surface area contributed by atoms with Crippen LogP contribution in [0, 0.1) is 17.6 Å². The van der Waals surface area contributed by atoms with Crippen molar-refractivity contribution in [3.63, 3.8) is 0 Å². The van der Waals surface area contributed by atoms with Crippen LogP contribution in [-0.4, -0.2) is 23.0 Å². The lowest BCUT2D eigenvalue weighted by molar-refractivity contribution is -0.142. The second kappa shape index (κ2) is 7.01. The topological polar surface area (TPSA) is 66.4 Å². The fourth-order valence-corrected chi connectivity index (χ4v) is 2.92. The fourth-order valence-electron chi connectivity index (χ4n) is 2.92. The summed E-state index contributed by atoms with van der Waals surface area (Å²) in [5, 5.41) is 11.9. The van der Waals surface area contributed by atoms with Gasteiger partial charge in [0.05, 0.1) is 0 Å². The zero-order valence-electron chi connectivity index (χ0n) is 13.3. The van der Waals surface area contributed by atoms with Gasteiger partial charge in [-0.2, -0.15) is 0 Å². The monoisotopic (exact) mass is 345 g/mol. The molecule has 3 atom stereocenters. The van der Waals surface area contributed by atoms with Crippen LogP contribution in [-0.2, 0) is 16.0 Å². The fraction of sp³-hybridized carbons (Fsp3) is 0.263. The van der Waals surface area contributed by atoms with Crippen LogP contribution in [0.25, 0.3) is 0 Å². The van der Waals surface area contributed by atoms with Crippen LogP contribution in [0.5, 0.6) is 0 Å². The first-order valence-corrected chi connectivity index (χ1v) is 7.97. The predicted octanol–water partition coefficient (Wildman–Crippen LogP) is 2.88. The van der Waals surface area contributed by atoms with Crippen molar-refractivity contribution in [2.75, 3.05) is 0 Å². The zero-order valence-corrected chi connectivity index (χ0v) is 13.3. The van der Waals surface area contributed by atoms with Crippen LogP contribution >= 0.6 is 0 Å². The molecule has 0 heterocycles. The van der Waals surface area contributed by atoms with Crippen molar-refractivity contribution in [3.8, 4) is 0 Å². The lowest BCUT2D eigenvalue weighted by Crippen LogP contribution is -2.43. The van der Waals surface area contributed by atoms with Gasteiger partial charge in [-0.15, -0.1) is 0 Å². The summed E-state index contributed by atoms with van der Waals surface area (Å²) in [6.07, 6.45) is 0.680. The van der Waals surface area contributed by atoms with Gasteiger partial charge in [0, 0.05) is 12.3 Å². The molecule has 2 aromatic carbocycles. The molecule has 25 heavy (non-hydrogen) atoms. The van der Waals surface area contributed by atoms with Crippen molar-refractivity contribution in [2.45, 2.75) is 24.8 Å². The first-order valence-electron chi connectivity index (χ1n) is 7.97. The molecular formula is C19H17F2NO3. The molecule has 3 unspecified atom stereocenters. The van der Waals surface area contributed by atoms with Crippen molar-refractivity contribution in [3.05, 3.63) is 71.3 Å². The van der Waals surface area contributed by atoms with E-state index in [1.54, 1.807) is 24.3 Å². The maximum Gasteiger partial charge on any atom is 0.326 e. The number of hydrogen-bond donors (Lipinski definition) is 2. The summed E-state index contributed by atoms with van der Waals surface area (Å²) in [6.45, 7) is 0. The molecule has 1 aliphatic rings. The third-order valence-corrected chi connectivity index (χ3v) is 4.40. The number of carbonyl (C=O) groups is 2. The van der Waals surface area contributed by atoms with Gasteiger partial charge < -0.3 is 10.4 Å². The number of rotatable bonds is 6. The molecule has 2 aromatic rings. The van der Waals surface area contributed by atoms with Crippen molar-refractivity contribution < 1.29 is 23.5 Å². The molecule has 3 rings (SSSR count). The number of carbonyl (C=O) groups excluding carboxylic acids is 1. The van der Waals surface area contributed by atoms with Crippen molar-refractivity contribution >= 4 is 11.9 Å². The smallest absolute Gasteiger partial charge is 0.326 e. The molecule has 0 bridgehead atoms. The standard InChI is InChI=1S/C19H17F2NO3/c20-15-7-6-12(9-16(15)21)13-10-14(13)18(23)22-17(19(24)25)8-11-4-2-1-3-5-11/h1-7,9,13-14,17H,8,10H2,(H,22,23)(H,24,25). The number of hydrogen-bond acceptors (Lipinski definition) is 2. The Labute approximate surface area is 143 Å². The Bertz CT molecular complexity index is 795. The number of aliphatic carboxylic acids is 1. The van der Waals surface area contributed by atoms with Crippen LogP contribution in [0.4, 0.5) is 8.78 Å². The Morgan fingerprint density at radius 2 is 1.84 bits per heavy atom. The summed E-state index contributed by atoms with van der Waals surface area (Å²) in [4.78, 5) is 23.7. The van der Waals surface area contributed by atoms with Gasteiger partial charge in [-0.1, -0.05) is 36.4 Å². The van der Waals surface area contributed by atoms with Gasteiger partial charge in [0.25, 0.3) is 0 Å². The first-order chi connectivity index (χ1) is 12.0. The molecule has 6 heteroatoms. The van der Waals surface area contributed by atoms with Gasteiger partial charge in [-0.25, -0.2) is 13.6 Å². The summed E-state index contributed by atoms with van der Waals surface area (Å²) in [7, 11) is 0. The molecule has 1 fully saturated rings. The Kier molecular flexibility index (Phi) is 4.79. The number of carboxylic acid groups (broad SMARTS) is 1. The second-order valence-corrected chi connectivity index (χ2v) is 6.21. The third kappa shape index (κ3) is 4.02. The van der Waals surface area contributed by atoms with Crippen molar-refractivity contribution in [1.29, 1.82) is 0 Å². The van der Waals surface area contributed by atoms with E-state index in [1.165, 1.54) is 6.07 Å². The van der Waals surface area contributed by atoms with E-state index in [9.17, 15) is 23.5 Å². The van der Waals surface area contributed by atoms with Crippen LogP contribution in [0.3, 0.4) is 0 Å². The highest BCUT2D eigenvalue weighted by molar-refractivity contribution is 5.87. The maximum absolute atomic E-state index is 13.3. The van der Waals surface area contributed by atoms with E-state index in [0.29, 0.717) is 12.0 Å². The summed E-state index contributed by atoms with van der Waals surface area (Å²) in [6, 6.07) is 11.6. The van der Waals surface area contributed by atoms with E-state index in [-0.39, 0.29) is 18.2 Å². The molecule has 0 aromatic heterocycles. The lowest BCUT2D eigenvalue weighted by atomic mass is 10.1. The molecule has 130 valence electrons. The molecule has 0 radical (unpaired) electrons. The average Bonchev–Trinajstić information content (AvgIpc) is 3.38. The third-order valence-electron chi connectivity index (χ3n) is 4.40. The van der Waals surface area contributed by atoms with E-state index < -0.39 is 29.6 Å². The van der Waals surface area contributed by atoms with Gasteiger partial charge in [0.15, 0.2) is 11.6 Å². The highest BCUT2D eigenvalue weighted by Gasteiger charge is 2.45. The second-order valence-electron chi connectivity index (χ2n) is 6.21. The summed E-state index contributed by atoms with van der Waals surface area (Å²) in [5.74, 6) is -3.99. The molecule has 4 nitrogen and oxygen atoms in total. The van der Waals surface area contributed by atoms with Crippen LogP contribution in [0.1, 0.15) is 23.5 Å². The van der Waals surface area contributed by atoms with Gasteiger partial charge in [-0.05, 0) is 35.6 Å². The van der Waals surface area contributed by atoms with E-state index >= 15 is 0 Å². The van der Waals surface area contributed by atoms with E-state index in [0.717, 1.165) is 17.7 Å². The number of halogens is 2. The summed E-state index contributed by atoms with van der Waals surface area (Å²) >= 11 is 0. The number of amides is 1. The molecule has 1 saturated carbocycles. The SMILES string of the molecule is O=C(O)C(Cc1ccccc1)NC(=O)C1CC1c1ccc(F)c(F)c1. The van der Waals surface area contributed by atoms with Gasteiger partial charge in [-0.3, -0.25) is 4.79 Å². The van der Waals surface area contributed by atoms with E-state index in [2.05, 4.69) is 5.32 Å². The Morgan fingerprint density at radius 3 is 2.48 bits per heavy atom. The average molecular weight is 345 g/mol. The largest absolute Gasteiger partial charge is 0.480 e. The minimum Gasteiger partial charge on any atom is -0.480 e. The minimum absolute atomic E-state index is 0.185. The molecule has 1 aliphatic carbocycles. The first kappa shape index (κ1) is 17.1. The van der Waals surface area contributed by atoms with Gasteiger partial charge in [0.2, 0.25) is 5.91 Å². The van der Waals surface area contributed by atoms with Crippen molar-refractivity contribution in [2.24, 2.45) is 5.92 Å². The van der Waals surface area contributed by atoms with Gasteiger partial charge >= 0.3 is 5.97 Å². The Balaban J connectivity index is 1.63. The van der Waals surface area contributed by atoms with E-state index in [4.69, 9.17) is 0 Å². The maximum atomic E-state index is 13.3. The van der Waals surface area contributed by atoms with Crippen molar-refractivity contribution in [1.82, 2.24) is 5.32 Å². The van der Waals surface area contributed by atoms with Crippen LogP contribution < -0.4 is 5.32 Å². The molecule has 1 amide bonds. The molecule has 0 aliphatic heterocycles. The molecule has 0 spiro atoms. The summed E-state index contributed by atoms with van der Waals surface area (Å²) in [5.41, 5.74) is 1.36. The number of carboxylic acids is 1. The Hall–Kier alpha value is -2.76. The number of nitrogens with one attached hydrogen (secondary N) is 1. The predicted molar refractivity (Wildman–Crippen MR) is 86.9 cm³/mol. The zero-order chi connectivity index (χ0) is 18.0. The van der Waals surface area contributed by atoms with Crippen LogP contribution in [0.2, 0.25) is 0 Å².